The second-order valence-corrected chi connectivity index (χ2v) is 8.24. The Hall–Kier alpha value is -1.07. The first-order valence-electron chi connectivity index (χ1n) is 8.55. The van der Waals surface area contributed by atoms with Crippen molar-refractivity contribution in [2.45, 2.75) is 38.8 Å². The molecule has 1 N–H and O–H groups in total. The van der Waals surface area contributed by atoms with Crippen LogP contribution >= 0.6 is 34.5 Å². The molecule has 0 fully saturated rings. The summed E-state index contributed by atoms with van der Waals surface area (Å²) in [7, 11) is 0. The molecule has 0 unspecified atom stereocenters. The predicted octanol–water partition coefficient (Wildman–Crippen LogP) is 4.92. The maximum Gasteiger partial charge on any atom is 0.237 e. The van der Waals surface area contributed by atoms with Gasteiger partial charge < -0.3 is 10.2 Å². The highest BCUT2D eigenvalue weighted by Gasteiger charge is 2.33. The van der Waals surface area contributed by atoms with Gasteiger partial charge in [-0.05, 0) is 54.5 Å². The number of nitrogens with zero attached hydrogens (tertiary/aromatic N) is 1. The van der Waals surface area contributed by atoms with E-state index >= 15 is 0 Å². The van der Waals surface area contributed by atoms with Crippen molar-refractivity contribution in [1.82, 2.24) is 10.2 Å². The molecule has 3 nitrogen and oxygen atoms in total. The molecule has 1 aromatic heterocycles. The normalized spacial score (nSPS) is 18.1. The number of carbonyl (C=O) groups is 1. The summed E-state index contributed by atoms with van der Waals surface area (Å²) >= 11 is 14.3. The number of fused-ring (bicyclic) bond motifs is 1. The number of carbonyl (C=O) groups excluding carboxylic acids is 1. The van der Waals surface area contributed by atoms with Crippen molar-refractivity contribution >= 4 is 40.4 Å². The fourth-order valence-electron chi connectivity index (χ4n) is 3.15. The van der Waals surface area contributed by atoms with E-state index in [1.807, 2.05) is 17.0 Å². The Kier molecular flexibility index (Phi) is 6.05. The fraction of sp³-hybridized carbons (Fsp3) is 0.421. The third-order valence-corrected chi connectivity index (χ3v) is 6.32. The van der Waals surface area contributed by atoms with Crippen molar-refractivity contribution in [2.75, 3.05) is 13.1 Å². The van der Waals surface area contributed by atoms with Gasteiger partial charge in [-0.3, -0.25) is 4.79 Å². The molecule has 134 valence electrons. The second-order valence-electron chi connectivity index (χ2n) is 6.39. The van der Waals surface area contributed by atoms with Gasteiger partial charge in [0.15, 0.2) is 0 Å². The molecular weight excluding hydrogens is 375 g/mol. The summed E-state index contributed by atoms with van der Waals surface area (Å²) in [4.78, 5) is 16.2. The smallest absolute Gasteiger partial charge is 0.237 e. The van der Waals surface area contributed by atoms with Crippen LogP contribution in [0.15, 0.2) is 29.6 Å². The van der Waals surface area contributed by atoms with Gasteiger partial charge in [0.25, 0.3) is 0 Å². The summed E-state index contributed by atoms with van der Waals surface area (Å²) in [6, 6.07) is 7.80. The van der Waals surface area contributed by atoms with Gasteiger partial charge in [-0.1, -0.05) is 36.2 Å². The molecule has 25 heavy (non-hydrogen) atoms. The monoisotopic (exact) mass is 396 g/mol. The van der Waals surface area contributed by atoms with E-state index in [0.29, 0.717) is 29.2 Å². The summed E-state index contributed by atoms with van der Waals surface area (Å²) in [5, 5.41) is 6.59. The first kappa shape index (κ1) is 18.7. The lowest BCUT2D eigenvalue weighted by atomic mass is 9.93. The average molecular weight is 397 g/mol. The third kappa shape index (κ3) is 4.03. The zero-order chi connectivity index (χ0) is 18.0. The number of rotatable bonds is 5. The number of hydrogen-bond donors (Lipinski definition) is 1. The molecule has 6 heteroatoms. The zero-order valence-electron chi connectivity index (χ0n) is 14.4. The van der Waals surface area contributed by atoms with E-state index in [2.05, 4.69) is 30.6 Å². The predicted molar refractivity (Wildman–Crippen MR) is 106 cm³/mol. The fourth-order valence-corrected chi connectivity index (χ4v) is 4.57. The van der Waals surface area contributed by atoms with Crippen LogP contribution in [-0.4, -0.2) is 29.9 Å². The van der Waals surface area contributed by atoms with E-state index in [0.717, 1.165) is 18.4 Å². The summed E-state index contributed by atoms with van der Waals surface area (Å²) in [5.41, 5.74) is 2.11. The van der Waals surface area contributed by atoms with Crippen LogP contribution in [-0.2, 0) is 11.2 Å². The summed E-state index contributed by atoms with van der Waals surface area (Å²) in [6.07, 6.45) is 1.89. The van der Waals surface area contributed by atoms with Gasteiger partial charge in [-0.2, -0.15) is 0 Å². The van der Waals surface area contributed by atoms with Crippen LogP contribution < -0.4 is 5.32 Å². The van der Waals surface area contributed by atoms with E-state index < -0.39 is 0 Å². The van der Waals surface area contributed by atoms with E-state index in [-0.39, 0.29) is 11.9 Å². The first-order chi connectivity index (χ1) is 12.0. The molecule has 2 atom stereocenters. The van der Waals surface area contributed by atoms with Crippen LogP contribution in [0.3, 0.4) is 0 Å². The van der Waals surface area contributed by atoms with E-state index in [1.165, 1.54) is 10.4 Å². The molecule has 0 saturated heterocycles. The quantitative estimate of drug-likeness (QED) is 0.777. The number of benzene rings is 1. The van der Waals surface area contributed by atoms with Crippen molar-refractivity contribution in [1.29, 1.82) is 0 Å². The maximum atomic E-state index is 12.9. The molecule has 3 rings (SSSR count). The highest BCUT2D eigenvalue weighted by Crippen LogP contribution is 2.40. The third-order valence-electron chi connectivity index (χ3n) is 4.76. The van der Waals surface area contributed by atoms with Crippen LogP contribution in [0.5, 0.6) is 0 Å². The molecule has 1 amide bonds. The van der Waals surface area contributed by atoms with Crippen molar-refractivity contribution < 1.29 is 4.79 Å². The lowest BCUT2D eigenvalue weighted by molar-refractivity contribution is -0.132. The average Bonchev–Trinajstić information content (AvgIpc) is 3.07. The Morgan fingerprint density at radius 3 is 2.88 bits per heavy atom. The van der Waals surface area contributed by atoms with Crippen LogP contribution in [0.4, 0.5) is 0 Å². The minimum absolute atomic E-state index is 0.105. The number of hydrogen-bond acceptors (Lipinski definition) is 3. The van der Waals surface area contributed by atoms with Crippen molar-refractivity contribution in [2.24, 2.45) is 0 Å². The van der Waals surface area contributed by atoms with Gasteiger partial charge in [0, 0.05) is 27.5 Å². The Morgan fingerprint density at radius 1 is 1.36 bits per heavy atom. The second kappa shape index (κ2) is 8.09. The Bertz CT molecular complexity index is 762. The van der Waals surface area contributed by atoms with Crippen molar-refractivity contribution in [3.05, 3.63) is 55.7 Å². The molecule has 2 aromatic rings. The van der Waals surface area contributed by atoms with E-state index in [4.69, 9.17) is 23.2 Å². The number of nitrogens with one attached hydrogen (secondary N) is 1. The van der Waals surface area contributed by atoms with Gasteiger partial charge >= 0.3 is 0 Å². The lowest BCUT2D eigenvalue weighted by Gasteiger charge is -2.37. The van der Waals surface area contributed by atoms with E-state index in [1.54, 1.807) is 17.4 Å². The Labute approximate surface area is 162 Å². The van der Waals surface area contributed by atoms with Crippen LogP contribution in [0.25, 0.3) is 0 Å². The SMILES string of the molecule is CC[C@@H](C)NCC(=O)N1CCc2sccc2[C@@H]1c1ccc(Cl)cc1Cl. The number of amides is 1. The van der Waals surface area contributed by atoms with Crippen LogP contribution in [0, 0.1) is 0 Å². The zero-order valence-corrected chi connectivity index (χ0v) is 16.7. The molecular formula is C19H22Cl2N2OS. The van der Waals surface area contributed by atoms with Gasteiger partial charge in [-0.15, -0.1) is 11.3 Å². The molecule has 0 radical (unpaired) electrons. The number of halogens is 2. The van der Waals surface area contributed by atoms with Crippen LogP contribution in [0.1, 0.15) is 42.3 Å². The molecule has 1 aliphatic heterocycles. The first-order valence-corrected chi connectivity index (χ1v) is 10.2. The van der Waals surface area contributed by atoms with Crippen molar-refractivity contribution in [3.8, 4) is 0 Å². The molecule has 0 bridgehead atoms. The summed E-state index contributed by atoms with van der Waals surface area (Å²) < 4.78 is 0. The maximum absolute atomic E-state index is 12.9. The number of thiophene rings is 1. The molecule has 0 aliphatic carbocycles. The summed E-state index contributed by atoms with van der Waals surface area (Å²) in [6.45, 7) is 5.25. The largest absolute Gasteiger partial charge is 0.330 e. The standard InChI is InChI=1S/C19H22Cl2N2OS/c1-3-12(2)22-11-18(24)23-8-6-17-15(7-9-25-17)19(23)14-5-4-13(20)10-16(14)21/h4-5,7,9-10,12,19,22H,3,6,8,11H2,1-2H3/t12-,19+/m1/s1. The molecule has 0 saturated carbocycles. The molecule has 1 aliphatic rings. The topological polar surface area (TPSA) is 32.3 Å². The van der Waals surface area contributed by atoms with Crippen molar-refractivity contribution in [3.63, 3.8) is 0 Å². The van der Waals surface area contributed by atoms with Gasteiger partial charge in [0.1, 0.15) is 0 Å². The Morgan fingerprint density at radius 2 is 2.16 bits per heavy atom. The minimum atomic E-state index is -0.147. The molecule has 1 aromatic carbocycles. The molecule has 0 spiro atoms. The highest BCUT2D eigenvalue weighted by atomic mass is 35.5. The Balaban J connectivity index is 1.93. The van der Waals surface area contributed by atoms with Gasteiger partial charge in [0.05, 0.1) is 12.6 Å². The highest BCUT2D eigenvalue weighted by molar-refractivity contribution is 7.10. The van der Waals surface area contributed by atoms with Crippen LogP contribution in [0.2, 0.25) is 10.0 Å². The summed E-state index contributed by atoms with van der Waals surface area (Å²) in [5.74, 6) is 0.105. The van der Waals surface area contributed by atoms with Gasteiger partial charge in [0.2, 0.25) is 5.91 Å². The van der Waals surface area contributed by atoms with E-state index in [9.17, 15) is 4.79 Å². The lowest BCUT2D eigenvalue weighted by Crippen LogP contribution is -2.45. The van der Waals surface area contributed by atoms with Gasteiger partial charge in [-0.25, -0.2) is 0 Å². The minimum Gasteiger partial charge on any atom is -0.330 e. The molecule has 2 heterocycles.